The summed E-state index contributed by atoms with van der Waals surface area (Å²) in [7, 11) is 1.65. The highest BCUT2D eigenvalue weighted by Crippen LogP contribution is 2.23. The second-order valence-electron chi connectivity index (χ2n) is 6.44. The Morgan fingerprint density at radius 1 is 1.40 bits per heavy atom. The number of hydrogen-bond acceptors (Lipinski definition) is 4. The number of carbonyl (C=O) groups is 1. The summed E-state index contributed by atoms with van der Waals surface area (Å²) in [6.45, 7) is 0.367. The number of nitrogens with one attached hydrogen (secondary N) is 2. The van der Waals surface area contributed by atoms with Gasteiger partial charge < -0.3 is 10.3 Å². The molecule has 1 aliphatic carbocycles. The number of benzene rings is 1. The smallest absolute Gasteiger partial charge is 0.266 e. The molecule has 3 aromatic rings. The number of amides is 1. The van der Waals surface area contributed by atoms with Crippen LogP contribution < -0.4 is 10.9 Å². The van der Waals surface area contributed by atoms with Gasteiger partial charge in [-0.1, -0.05) is 12.1 Å². The summed E-state index contributed by atoms with van der Waals surface area (Å²) in [5, 5.41) is 7.23. The molecule has 1 atom stereocenters. The molecule has 1 amide bonds. The third-order valence-electron chi connectivity index (χ3n) is 4.69. The number of fused-ring (bicyclic) bond motifs is 2. The number of rotatable bonds is 3. The first kappa shape index (κ1) is 15.6. The molecule has 0 fully saturated rings. The Labute approximate surface area is 144 Å². The van der Waals surface area contributed by atoms with Crippen LogP contribution in [0, 0.1) is 5.92 Å². The lowest BCUT2D eigenvalue weighted by Gasteiger charge is -2.23. The van der Waals surface area contributed by atoms with Crippen LogP contribution >= 0.6 is 0 Å². The quantitative estimate of drug-likeness (QED) is 0.748. The molecule has 0 spiro atoms. The lowest BCUT2D eigenvalue weighted by Crippen LogP contribution is -2.35. The minimum absolute atomic E-state index is 0.00761. The SMILES string of the molecule is Cn1nc2c(cc1=O)C[C@H](C(=O)NCc1nc3ccccc3[nH]1)CC2. The van der Waals surface area contributed by atoms with Crippen molar-refractivity contribution in [2.24, 2.45) is 13.0 Å². The number of aromatic nitrogens is 4. The van der Waals surface area contributed by atoms with Crippen molar-refractivity contribution in [2.75, 3.05) is 0 Å². The molecule has 4 rings (SSSR count). The standard InChI is InChI=1S/C18H19N5O2/c1-23-17(24)9-12-8-11(6-7-13(12)22-23)18(25)19-10-16-20-14-4-2-3-5-15(14)21-16/h2-5,9,11H,6-8,10H2,1H3,(H,19,25)(H,20,21)/t11-/m1/s1. The average Bonchev–Trinajstić information content (AvgIpc) is 3.03. The molecule has 0 bridgehead atoms. The van der Waals surface area contributed by atoms with Crippen molar-refractivity contribution in [3.63, 3.8) is 0 Å². The molecule has 25 heavy (non-hydrogen) atoms. The number of hydrogen-bond donors (Lipinski definition) is 2. The van der Waals surface area contributed by atoms with Crippen molar-refractivity contribution in [1.82, 2.24) is 25.1 Å². The zero-order chi connectivity index (χ0) is 17.4. The van der Waals surface area contributed by atoms with E-state index in [1.165, 1.54) is 4.68 Å². The van der Waals surface area contributed by atoms with Gasteiger partial charge in [-0.2, -0.15) is 5.10 Å². The van der Waals surface area contributed by atoms with Crippen molar-refractivity contribution < 1.29 is 4.79 Å². The van der Waals surface area contributed by atoms with Crippen molar-refractivity contribution in [2.45, 2.75) is 25.8 Å². The molecule has 7 nitrogen and oxygen atoms in total. The zero-order valence-corrected chi connectivity index (χ0v) is 14.0. The first-order chi connectivity index (χ1) is 12.1. The molecule has 2 N–H and O–H groups in total. The van der Waals surface area contributed by atoms with E-state index in [9.17, 15) is 9.59 Å². The van der Waals surface area contributed by atoms with E-state index >= 15 is 0 Å². The number of imidazole rings is 1. The van der Waals surface area contributed by atoms with Crippen LogP contribution in [0.25, 0.3) is 11.0 Å². The fraction of sp³-hybridized carbons (Fsp3) is 0.333. The normalized spacial score (nSPS) is 16.6. The lowest BCUT2D eigenvalue weighted by atomic mass is 9.86. The molecular weight excluding hydrogens is 318 g/mol. The summed E-state index contributed by atoms with van der Waals surface area (Å²) in [5.74, 6) is 0.596. The number of para-hydroxylation sites is 2. The van der Waals surface area contributed by atoms with E-state index < -0.39 is 0 Å². The Hall–Kier alpha value is -2.96. The van der Waals surface area contributed by atoms with Gasteiger partial charge in [-0.15, -0.1) is 0 Å². The van der Waals surface area contributed by atoms with Gasteiger partial charge in [-0.25, -0.2) is 9.67 Å². The summed E-state index contributed by atoms with van der Waals surface area (Å²) in [6, 6.07) is 9.37. The van der Waals surface area contributed by atoms with E-state index in [1.54, 1.807) is 13.1 Å². The van der Waals surface area contributed by atoms with E-state index in [-0.39, 0.29) is 17.4 Å². The van der Waals surface area contributed by atoms with Crippen LogP contribution in [0.1, 0.15) is 23.5 Å². The van der Waals surface area contributed by atoms with Crippen LogP contribution in [-0.2, 0) is 31.2 Å². The Morgan fingerprint density at radius 2 is 2.24 bits per heavy atom. The molecule has 0 radical (unpaired) electrons. The summed E-state index contributed by atoms with van der Waals surface area (Å²) >= 11 is 0. The second-order valence-corrected chi connectivity index (χ2v) is 6.44. The summed E-state index contributed by atoms with van der Waals surface area (Å²) in [6.07, 6.45) is 2.01. The average molecular weight is 337 g/mol. The van der Waals surface area contributed by atoms with Gasteiger partial charge in [0.05, 0.1) is 23.3 Å². The van der Waals surface area contributed by atoms with Crippen LogP contribution in [0.5, 0.6) is 0 Å². The van der Waals surface area contributed by atoms with Crippen LogP contribution in [-0.4, -0.2) is 25.7 Å². The van der Waals surface area contributed by atoms with E-state index in [0.717, 1.165) is 34.5 Å². The Balaban J connectivity index is 1.43. The Bertz CT molecular complexity index is 971. The summed E-state index contributed by atoms with van der Waals surface area (Å²) in [5.41, 5.74) is 3.52. The second kappa shape index (κ2) is 6.16. The number of aromatic amines is 1. The van der Waals surface area contributed by atoms with Gasteiger partial charge in [0.25, 0.3) is 5.56 Å². The molecule has 0 saturated heterocycles. The molecule has 1 aliphatic rings. The van der Waals surface area contributed by atoms with Crippen LogP contribution in [0.15, 0.2) is 35.1 Å². The number of nitrogens with zero attached hydrogens (tertiary/aromatic N) is 3. The highest BCUT2D eigenvalue weighted by Gasteiger charge is 2.26. The maximum Gasteiger partial charge on any atom is 0.266 e. The maximum atomic E-state index is 12.5. The lowest BCUT2D eigenvalue weighted by molar-refractivity contribution is -0.125. The van der Waals surface area contributed by atoms with Crippen LogP contribution in [0.3, 0.4) is 0 Å². The first-order valence-electron chi connectivity index (χ1n) is 8.37. The molecule has 0 aliphatic heterocycles. The molecular formula is C18H19N5O2. The fourth-order valence-electron chi connectivity index (χ4n) is 3.31. The molecule has 0 unspecified atom stereocenters. The number of carbonyl (C=O) groups excluding carboxylic acids is 1. The van der Waals surface area contributed by atoms with E-state index in [2.05, 4.69) is 20.4 Å². The highest BCUT2D eigenvalue weighted by molar-refractivity contribution is 5.79. The van der Waals surface area contributed by atoms with Crippen molar-refractivity contribution >= 4 is 16.9 Å². The topological polar surface area (TPSA) is 92.7 Å². The van der Waals surface area contributed by atoms with Gasteiger partial charge in [-0.3, -0.25) is 9.59 Å². The van der Waals surface area contributed by atoms with Gasteiger partial charge >= 0.3 is 0 Å². The van der Waals surface area contributed by atoms with Crippen LogP contribution in [0.4, 0.5) is 0 Å². The Morgan fingerprint density at radius 3 is 3.08 bits per heavy atom. The minimum atomic E-state index is -0.137. The molecule has 7 heteroatoms. The third kappa shape index (κ3) is 3.05. The predicted molar refractivity (Wildman–Crippen MR) is 92.9 cm³/mol. The monoisotopic (exact) mass is 337 g/mol. The number of aryl methyl sites for hydroxylation is 2. The number of H-pyrrole nitrogens is 1. The molecule has 1 aromatic carbocycles. The molecule has 2 aromatic heterocycles. The third-order valence-corrected chi connectivity index (χ3v) is 4.69. The van der Waals surface area contributed by atoms with Gasteiger partial charge in [0.2, 0.25) is 5.91 Å². The Kier molecular flexibility index (Phi) is 3.83. The van der Waals surface area contributed by atoms with Gasteiger partial charge in [-0.05, 0) is 37.0 Å². The maximum absolute atomic E-state index is 12.5. The summed E-state index contributed by atoms with van der Waals surface area (Å²) in [4.78, 5) is 31.9. The summed E-state index contributed by atoms with van der Waals surface area (Å²) < 4.78 is 1.35. The van der Waals surface area contributed by atoms with Gasteiger partial charge in [0.1, 0.15) is 5.82 Å². The van der Waals surface area contributed by atoms with Crippen molar-refractivity contribution in [3.8, 4) is 0 Å². The highest BCUT2D eigenvalue weighted by atomic mass is 16.2. The zero-order valence-electron chi connectivity index (χ0n) is 14.0. The van der Waals surface area contributed by atoms with Gasteiger partial charge in [0.15, 0.2) is 0 Å². The van der Waals surface area contributed by atoms with E-state index in [1.807, 2.05) is 24.3 Å². The fourth-order valence-corrected chi connectivity index (χ4v) is 3.31. The molecule has 128 valence electrons. The van der Waals surface area contributed by atoms with Crippen LogP contribution in [0.2, 0.25) is 0 Å². The molecule has 0 saturated carbocycles. The van der Waals surface area contributed by atoms with Crippen molar-refractivity contribution in [3.05, 3.63) is 57.8 Å². The van der Waals surface area contributed by atoms with Gasteiger partial charge in [0, 0.05) is 19.0 Å². The predicted octanol–water partition coefficient (Wildman–Crippen LogP) is 1.08. The minimum Gasteiger partial charge on any atom is -0.349 e. The first-order valence-corrected chi connectivity index (χ1v) is 8.37. The molecule has 2 heterocycles. The van der Waals surface area contributed by atoms with E-state index in [0.29, 0.717) is 19.4 Å². The largest absolute Gasteiger partial charge is 0.349 e. The van der Waals surface area contributed by atoms with Crippen molar-refractivity contribution in [1.29, 1.82) is 0 Å². The van der Waals surface area contributed by atoms with E-state index in [4.69, 9.17) is 0 Å².